The van der Waals surface area contributed by atoms with Gasteiger partial charge in [-0.15, -0.1) is 0 Å². The molecule has 0 unspecified atom stereocenters. The maximum Gasteiger partial charge on any atom is 0.172 e. The van der Waals surface area contributed by atoms with Gasteiger partial charge in [0.1, 0.15) is 5.82 Å². The molecule has 2 aromatic carbocycles. The molecule has 0 atom stereocenters. The molecule has 1 aliphatic carbocycles. The van der Waals surface area contributed by atoms with Crippen LogP contribution in [-0.2, 0) is 6.54 Å². The Bertz CT molecular complexity index is 1210. The summed E-state index contributed by atoms with van der Waals surface area (Å²) in [6.45, 7) is 2.68. The van der Waals surface area contributed by atoms with Gasteiger partial charge < -0.3 is 10.2 Å². The van der Waals surface area contributed by atoms with Gasteiger partial charge in [-0.2, -0.15) is 5.26 Å². The second-order valence-corrected chi connectivity index (χ2v) is 8.25. The van der Waals surface area contributed by atoms with E-state index in [9.17, 15) is 18.4 Å². The van der Waals surface area contributed by atoms with Crippen molar-refractivity contribution >= 4 is 22.7 Å². The zero-order chi connectivity index (χ0) is 22.2. The number of anilines is 2. The number of fused-ring (bicyclic) bond motifs is 1. The highest BCUT2D eigenvalue weighted by Gasteiger charge is 2.27. The zero-order valence-corrected chi connectivity index (χ0v) is 17.3. The normalized spacial score (nSPS) is 16.9. The van der Waals surface area contributed by atoms with Gasteiger partial charge in [0.25, 0.3) is 0 Å². The Kier molecular flexibility index (Phi) is 5.31. The molecular weight excluding hydrogens is 417 g/mol. The fraction of sp³-hybridized carbons (Fsp3) is 0.348. The van der Waals surface area contributed by atoms with Crippen LogP contribution in [0.4, 0.5) is 24.8 Å². The van der Waals surface area contributed by atoms with E-state index in [2.05, 4.69) is 16.3 Å². The van der Waals surface area contributed by atoms with Gasteiger partial charge in [-0.3, -0.25) is 4.90 Å². The van der Waals surface area contributed by atoms with Crippen LogP contribution in [0.3, 0.4) is 0 Å². The van der Waals surface area contributed by atoms with E-state index in [1.807, 2.05) is 4.90 Å². The van der Waals surface area contributed by atoms with Crippen molar-refractivity contribution in [3.8, 4) is 6.07 Å². The molecule has 6 nitrogen and oxygen atoms in total. The predicted molar refractivity (Wildman–Crippen MR) is 115 cm³/mol. The lowest BCUT2D eigenvalue weighted by atomic mass is 10.1. The smallest absolute Gasteiger partial charge is 0.172 e. The Hall–Kier alpha value is -3.38. The van der Waals surface area contributed by atoms with Crippen LogP contribution in [0.2, 0.25) is 0 Å². The van der Waals surface area contributed by atoms with Crippen LogP contribution in [0, 0.1) is 28.8 Å². The fourth-order valence-corrected chi connectivity index (χ4v) is 3.90. The third kappa shape index (κ3) is 4.18. The molecule has 32 heavy (non-hydrogen) atoms. The van der Waals surface area contributed by atoms with Crippen LogP contribution in [0.25, 0.3) is 11.0 Å². The number of aromatic nitrogens is 2. The minimum Gasteiger partial charge on any atom is -0.364 e. The molecular formula is C23H21F3N6. The summed E-state index contributed by atoms with van der Waals surface area (Å²) >= 11 is 0. The minimum absolute atomic E-state index is 0.142. The van der Waals surface area contributed by atoms with Gasteiger partial charge in [0.2, 0.25) is 0 Å². The van der Waals surface area contributed by atoms with E-state index in [4.69, 9.17) is 9.97 Å². The quantitative estimate of drug-likeness (QED) is 0.611. The first-order valence-electron chi connectivity index (χ1n) is 10.6. The molecule has 0 amide bonds. The summed E-state index contributed by atoms with van der Waals surface area (Å²) in [5.74, 6) is -1.50. The second-order valence-electron chi connectivity index (χ2n) is 8.25. The molecule has 1 aromatic heterocycles. The third-order valence-electron chi connectivity index (χ3n) is 5.85. The van der Waals surface area contributed by atoms with E-state index in [0.717, 1.165) is 36.1 Å². The van der Waals surface area contributed by atoms with Crippen molar-refractivity contribution in [2.45, 2.75) is 25.4 Å². The van der Waals surface area contributed by atoms with Crippen LogP contribution in [0.15, 0.2) is 30.3 Å². The summed E-state index contributed by atoms with van der Waals surface area (Å²) in [7, 11) is 0. The van der Waals surface area contributed by atoms with Gasteiger partial charge in [-0.1, -0.05) is 0 Å². The number of hydrogen-bond acceptors (Lipinski definition) is 6. The van der Waals surface area contributed by atoms with E-state index in [0.29, 0.717) is 49.4 Å². The summed E-state index contributed by atoms with van der Waals surface area (Å²) in [5, 5.41) is 12.7. The number of rotatable bonds is 5. The molecule has 2 heterocycles. The van der Waals surface area contributed by atoms with Crippen molar-refractivity contribution in [1.29, 1.82) is 5.26 Å². The molecule has 164 valence electrons. The third-order valence-corrected chi connectivity index (χ3v) is 5.85. The van der Waals surface area contributed by atoms with E-state index in [1.165, 1.54) is 0 Å². The molecule has 1 saturated heterocycles. The monoisotopic (exact) mass is 438 g/mol. The molecule has 2 aliphatic rings. The minimum atomic E-state index is -1.18. The first-order chi connectivity index (χ1) is 15.5. The van der Waals surface area contributed by atoms with Crippen LogP contribution >= 0.6 is 0 Å². The maximum atomic E-state index is 14.0. The van der Waals surface area contributed by atoms with Crippen molar-refractivity contribution in [3.63, 3.8) is 0 Å². The molecule has 9 heteroatoms. The number of halogens is 3. The molecule has 1 saturated carbocycles. The number of benzene rings is 2. The highest BCUT2D eigenvalue weighted by atomic mass is 19.2. The fourth-order valence-electron chi connectivity index (χ4n) is 3.90. The lowest BCUT2D eigenvalue weighted by Crippen LogP contribution is -2.46. The van der Waals surface area contributed by atoms with Crippen molar-refractivity contribution < 1.29 is 13.2 Å². The molecule has 2 fully saturated rings. The van der Waals surface area contributed by atoms with Gasteiger partial charge in [0.15, 0.2) is 23.3 Å². The van der Waals surface area contributed by atoms with Crippen molar-refractivity contribution in [3.05, 3.63) is 58.9 Å². The van der Waals surface area contributed by atoms with Crippen LogP contribution in [-0.4, -0.2) is 47.1 Å². The molecule has 1 aliphatic heterocycles. The average Bonchev–Trinajstić information content (AvgIpc) is 3.61. The van der Waals surface area contributed by atoms with Gasteiger partial charge in [0.05, 0.1) is 22.7 Å². The Morgan fingerprint density at radius 1 is 0.938 bits per heavy atom. The zero-order valence-electron chi connectivity index (χ0n) is 17.3. The highest BCUT2D eigenvalue weighted by Crippen LogP contribution is 2.31. The van der Waals surface area contributed by atoms with Crippen LogP contribution in [0.1, 0.15) is 24.0 Å². The van der Waals surface area contributed by atoms with Crippen molar-refractivity contribution in [2.24, 2.45) is 0 Å². The predicted octanol–water partition coefficient (Wildman–Crippen LogP) is 3.82. The van der Waals surface area contributed by atoms with Crippen LogP contribution < -0.4 is 10.2 Å². The first-order valence-corrected chi connectivity index (χ1v) is 10.6. The number of piperazine rings is 1. The molecule has 0 spiro atoms. The Morgan fingerprint density at radius 3 is 2.41 bits per heavy atom. The summed E-state index contributed by atoms with van der Waals surface area (Å²) in [5.41, 5.74) is 2.05. The largest absolute Gasteiger partial charge is 0.364 e. The standard InChI is InChI=1S/C23H21F3N6/c24-17-11-19(26)18(25)10-15(17)13-31-5-7-32(8-6-31)23-22(28-16-2-3-16)29-20-4-1-14(12-27)9-21(20)30-23/h1,4,9-11,16H,2-3,5-8,13H2,(H,28,29). The second kappa shape index (κ2) is 8.28. The summed E-state index contributed by atoms with van der Waals surface area (Å²) in [6, 6.07) is 9.32. The van der Waals surface area contributed by atoms with E-state index in [1.54, 1.807) is 18.2 Å². The Balaban J connectivity index is 1.35. The topological polar surface area (TPSA) is 68.1 Å². The van der Waals surface area contributed by atoms with E-state index in [-0.39, 0.29) is 12.1 Å². The molecule has 3 aromatic rings. The van der Waals surface area contributed by atoms with Gasteiger partial charge in [-0.05, 0) is 37.1 Å². The van der Waals surface area contributed by atoms with Gasteiger partial charge in [0, 0.05) is 50.4 Å². The summed E-state index contributed by atoms with van der Waals surface area (Å²) in [6.07, 6.45) is 2.19. The van der Waals surface area contributed by atoms with Gasteiger partial charge in [-0.25, -0.2) is 23.1 Å². The van der Waals surface area contributed by atoms with Gasteiger partial charge >= 0.3 is 0 Å². The van der Waals surface area contributed by atoms with E-state index < -0.39 is 17.5 Å². The van der Waals surface area contributed by atoms with Crippen molar-refractivity contribution in [2.75, 3.05) is 36.4 Å². The number of hydrogen-bond donors (Lipinski definition) is 1. The van der Waals surface area contributed by atoms with Crippen LogP contribution in [0.5, 0.6) is 0 Å². The SMILES string of the molecule is N#Cc1ccc2nc(NC3CC3)c(N3CCN(Cc4cc(F)c(F)cc4F)CC3)nc2c1. The van der Waals surface area contributed by atoms with Crippen molar-refractivity contribution in [1.82, 2.24) is 14.9 Å². The summed E-state index contributed by atoms with van der Waals surface area (Å²) in [4.78, 5) is 13.7. The number of nitrogens with one attached hydrogen (secondary N) is 1. The number of nitrogens with zero attached hydrogens (tertiary/aromatic N) is 5. The average molecular weight is 438 g/mol. The first kappa shape index (κ1) is 20.5. The molecule has 5 rings (SSSR count). The molecule has 1 N–H and O–H groups in total. The molecule has 0 radical (unpaired) electrons. The lowest BCUT2D eigenvalue weighted by molar-refractivity contribution is 0.245. The lowest BCUT2D eigenvalue weighted by Gasteiger charge is -2.36. The number of nitriles is 1. The highest BCUT2D eigenvalue weighted by molar-refractivity contribution is 5.82. The maximum absolute atomic E-state index is 14.0. The Labute approximate surface area is 183 Å². The van der Waals surface area contributed by atoms with E-state index >= 15 is 0 Å². The molecule has 0 bridgehead atoms. The summed E-state index contributed by atoms with van der Waals surface area (Å²) < 4.78 is 40.7. The Morgan fingerprint density at radius 2 is 1.69 bits per heavy atom.